The first-order valence-electron chi connectivity index (χ1n) is 2.39. The van der Waals surface area contributed by atoms with Crippen molar-refractivity contribution >= 4 is 11.5 Å². The van der Waals surface area contributed by atoms with Gasteiger partial charge in [0, 0.05) is 6.42 Å². The molecular formula is C4H7N3S. The van der Waals surface area contributed by atoms with Gasteiger partial charge >= 0.3 is 0 Å². The summed E-state index contributed by atoms with van der Waals surface area (Å²) < 4.78 is 3.82. The van der Waals surface area contributed by atoms with E-state index in [0.717, 1.165) is 11.4 Å². The molecule has 1 rings (SSSR count). The molecule has 4 heteroatoms. The van der Waals surface area contributed by atoms with Crippen molar-refractivity contribution in [2.24, 2.45) is 5.73 Å². The number of hydrogen-bond acceptors (Lipinski definition) is 4. The molecule has 0 aromatic carbocycles. The summed E-state index contributed by atoms with van der Waals surface area (Å²) >= 11 is 1.41. The highest BCUT2D eigenvalue weighted by Crippen LogP contribution is 1.97. The molecule has 0 aliphatic heterocycles. The Morgan fingerprint density at radius 3 is 3.12 bits per heavy atom. The summed E-state index contributed by atoms with van der Waals surface area (Å²) in [6.07, 6.45) is 2.40. The molecular weight excluding hydrogens is 122 g/mol. The number of hydrogen-bond donors (Lipinski definition) is 1. The number of rotatable bonds is 2. The number of aromatic nitrogens is 2. The zero-order valence-electron chi connectivity index (χ0n) is 4.37. The molecule has 0 amide bonds. The Morgan fingerprint density at radius 2 is 2.62 bits per heavy atom. The minimum atomic E-state index is 0.662. The molecule has 1 aromatic heterocycles. The molecule has 0 fully saturated rings. The lowest BCUT2D eigenvalue weighted by Crippen LogP contribution is -2.01. The lowest BCUT2D eigenvalue weighted by atomic mass is 10.5. The fourth-order valence-electron chi connectivity index (χ4n) is 0.430. The van der Waals surface area contributed by atoms with Crippen molar-refractivity contribution in [2.45, 2.75) is 6.42 Å². The van der Waals surface area contributed by atoms with Crippen LogP contribution in [0.5, 0.6) is 0 Å². The third-order valence-corrected chi connectivity index (χ3v) is 1.49. The molecule has 1 aromatic rings. The predicted molar refractivity (Wildman–Crippen MR) is 32.7 cm³/mol. The van der Waals surface area contributed by atoms with Crippen molar-refractivity contribution in [2.75, 3.05) is 6.54 Å². The molecule has 0 bridgehead atoms. The standard InChI is InChI=1S/C4H7N3S/c5-2-1-4-6-3-7-8-4/h3H,1-2,5H2. The quantitative estimate of drug-likeness (QED) is 0.613. The van der Waals surface area contributed by atoms with Gasteiger partial charge in [-0.3, -0.25) is 0 Å². The summed E-state index contributed by atoms with van der Waals surface area (Å²) in [6, 6.07) is 0. The van der Waals surface area contributed by atoms with Crippen molar-refractivity contribution in [3.63, 3.8) is 0 Å². The van der Waals surface area contributed by atoms with E-state index in [0.29, 0.717) is 6.54 Å². The third kappa shape index (κ3) is 1.24. The Hall–Kier alpha value is -0.480. The molecule has 0 saturated heterocycles. The topological polar surface area (TPSA) is 51.8 Å². The van der Waals surface area contributed by atoms with Gasteiger partial charge in [-0.2, -0.15) is 4.37 Å². The van der Waals surface area contributed by atoms with Crippen LogP contribution in [-0.2, 0) is 6.42 Å². The lowest BCUT2D eigenvalue weighted by molar-refractivity contribution is 0.952. The molecule has 3 nitrogen and oxygen atoms in total. The zero-order valence-corrected chi connectivity index (χ0v) is 5.19. The number of nitrogens with zero attached hydrogens (tertiary/aromatic N) is 2. The number of nitrogens with two attached hydrogens (primary N) is 1. The smallest absolute Gasteiger partial charge is 0.129 e. The molecule has 44 valence electrons. The fraction of sp³-hybridized carbons (Fsp3) is 0.500. The second kappa shape index (κ2) is 2.74. The molecule has 0 atom stereocenters. The average molecular weight is 129 g/mol. The molecule has 0 saturated carbocycles. The van der Waals surface area contributed by atoms with Crippen molar-refractivity contribution in [1.29, 1.82) is 0 Å². The monoisotopic (exact) mass is 129 g/mol. The predicted octanol–water partition coefficient (Wildman–Crippen LogP) is 0.0393. The third-order valence-electron chi connectivity index (χ3n) is 0.765. The van der Waals surface area contributed by atoms with Gasteiger partial charge in [0.25, 0.3) is 0 Å². The van der Waals surface area contributed by atoms with Crippen LogP contribution in [0.15, 0.2) is 6.33 Å². The first-order valence-corrected chi connectivity index (χ1v) is 3.16. The highest BCUT2D eigenvalue weighted by atomic mass is 32.1. The van der Waals surface area contributed by atoms with Gasteiger partial charge in [0.2, 0.25) is 0 Å². The van der Waals surface area contributed by atoms with Crippen molar-refractivity contribution in [1.82, 2.24) is 9.36 Å². The summed E-state index contributed by atoms with van der Waals surface area (Å²) in [4.78, 5) is 3.93. The summed E-state index contributed by atoms with van der Waals surface area (Å²) in [5.41, 5.74) is 5.26. The van der Waals surface area contributed by atoms with Gasteiger partial charge in [-0.15, -0.1) is 0 Å². The molecule has 0 radical (unpaired) electrons. The van der Waals surface area contributed by atoms with Gasteiger partial charge in [-0.1, -0.05) is 0 Å². The first kappa shape index (κ1) is 5.65. The normalized spacial score (nSPS) is 9.62. The van der Waals surface area contributed by atoms with E-state index in [1.807, 2.05) is 0 Å². The Bertz CT molecular complexity index is 137. The molecule has 0 aliphatic carbocycles. The Kier molecular flexibility index (Phi) is 1.93. The molecule has 0 aliphatic rings. The minimum absolute atomic E-state index is 0.662. The van der Waals surface area contributed by atoms with E-state index in [1.165, 1.54) is 11.5 Å². The van der Waals surface area contributed by atoms with E-state index in [-0.39, 0.29) is 0 Å². The highest BCUT2D eigenvalue weighted by Gasteiger charge is 1.90. The van der Waals surface area contributed by atoms with Gasteiger partial charge in [0.1, 0.15) is 11.3 Å². The molecule has 8 heavy (non-hydrogen) atoms. The van der Waals surface area contributed by atoms with Gasteiger partial charge in [-0.25, -0.2) is 4.98 Å². The second-order valence-corrected chi connectivity index (χ2v) is 2.24. The van der Waals surface area contributed by atoms with E-state index in [9.17, 15) is 0 Å². The van der Waals surface area contributed by atoms with Crippen molar-refractivity contribution < 1.29 is 0 Å². The maximum atomic E-state index is 5.26. The zero-order chi connectivity index (χ0) is 5.82. The van der Waals surface area contributed by atoms with E-state index in [2.05, 4.69) is 9.36 Å². The van der Waals surface area contributed by atoms with Gasteiger partial charge in [0.05, 0.1) is 0 Å². The Morgan fingerprint density at radius 1 is 1.75 bits per heavy atom. The Balaban J connectivity index is 2.50. The lowest BCUT2D eigenvalue weighted by Gasteiger charge is -1.83. The van der Waals surface area contributed by atoms with Crippen LogP contribution >= 0.6 is 11.5 Å². The van der Waals surface area contributed by atoms with Gasteiger partial charge in [0.15, 0.2) is 0 Å². The van der Waals surface area contributed by atoms with Crippen LogP contribution in [0.4, 0.5) is 0 Å². The first-order chi connectivity index (χ1) is 3.93. The van der Waals surface area contributed by atoms with E-state index in [4.69, 9.17) is 5.73 Å². The van der Waals surface area contributed by atoms with Crippen LogP contribution in [0.1, 0.15) is 5.01 Å². The average Bonchev–Trinajstić information content (AvgIpc) is 2.19. The van der Waals surface area contributed by atoms with Crippen LogP contribution in [0.2, 0.25) is 0 Å². The summed E-state index contributed by atoms with van der Waals surface area (Å²) in [7, 11) is 0. The van der Waals surface area contributed by atoms with Crippen molar-refractivity contribution in [3.8, 4) is 0 Å². The SMILES string of the molecule is NCCc1ncns1. The van der Waals surface area contributed by atoms with Crippen LogP contribution in [0.25, 0.3) is 0 Å². The largest absolute Gasteiger partial charge is 0.330 e. The summed E-state index contributed by atoms with van der Waals surface area (Å²) in [5, 5.41) is 1.02. The summed E-state index contributed by atoms with van der Waals surface area (Å²) in [5.74, 6) is 0. The fourth-order valence-corrected chi connectivity index (χ4v) is 0.949. The van der Waals surface area contributed by atoms with Crippen molar-refractivity contribution in [3.05, 3.63) is 11.3 Å². The minimum Gasteiger partial charge on any atom is -0.330 e. The van der Waals surface area contributed by atoms with E-state index < -0.39 is 0 Å². The molecule has 0 spiro atoms. The molecule has 2 N–H and O–H groups in total. The maximum Gasteiger partial charge on any atom is 0.129 e. The van der Waals surface area contributed by atoms with Crippen LogP contribution < -0.4 is 5.73 Å². The second-order valence-electron chi connectivity index (χ2n) is 1.37. The van der Waals surface area contributed by atoms with E-state index >= 15 is 0 Å². The summed E-state index contributed by atoms with van der Waals surface area (Å²) in [6.45, 7) is 0.662. The Labute approximate surface area is 51.7 Å². The van der Waals surface area contributed by atoms with Crippen LogP contribution in [-0.4, -0.2) is 15.9 Å². The van der Waals surface area contributed by atoms with Gasteiger partial charge in [-0.05, 0) is 18.1 Å². The van der Waals surface area contributed by atoms with E-state index in [1.54, 1.807) is 6.33 Å². The van der Waals surface area contributed by atoms with Crippen LogP contribution in [0, 0.1) is 0 Å². The maximum absolute atomic E-state index is 5.26. The van der Waals surface area contributed by atoms with Gasteiger partial charge < -0.3 is 5.73 Å². The highest BCUT2D eigenvalue weighted by molar-refractivity contribution is 7.05. The van der Waals surface area contributed by atoms with Crippen LogP contribution in [0.3, 0.4) is 0 Å². The molecule has 0 unspecified atom stereocenters. The molecule has 1 heterocycles.